The van der Waals surface area contributed by atoms with Crippen LogP contribution in [0.15, 0.2) is 57.9 Å². The molecule has 0 saturated carbocycles. The number of hydrogen-bond donors (Lipinski definition) is 1. The van der Waals surface area contributed by atoms with Crippen LogP contribution in [-0.2, 0) is 14.9 Å². The van der Waals surface area contributed by atoms with Gasteiger partial charge in [0, 0.05) is 46.7 Å². The molecular formula is C21H23BrFNO2S. The zero-order chi connectivity index (χ0) is 19.1. The number of nitrogens with one attached hydrogen (secondary N) is 1. The van der Waals surface area contributed by atoms with Gasteiger partial charge in [-0.3, -0.25) is 4.79 Å². The third-order valence-corrected chi connectivity index (χ3v) is 6.46. The van der Waals surface area contributed by atoms with E-state index in [4.69, 9.17) is 4.74 Å². The van der Waals surface area contributed by atoms with Crippen molar-refractivity contribution in [3.8, 4) is 0 Å². The molecule has 1 saturated heterocycles. The van der Waals surface area contributed by atoms with Gasteiger partial charge in [0.1, 0.15) is 5.82 Å². The fourth-order valence-corrected chi connectivity index (χ4v) is 4.41. The summed E-state index contributed by atoms with van der Waals surface area (Å²) in [6, 6.07) is 14.8. The predicted octanol–water partition coefficient (Wildman–Crippen LogP) is 4.94. The molecule has 1 aliphatic heterocycles. The lowest BCUT2D eigenvalue weighted by atomic mass is 9.74. The number of amides is 1. The summed E-state index contributed by atoms with van der Waals surface area (Å²) in [7, 11) is 0. The maximum atomic E-state index is 13.7. The third kappa shape index (κ3) is 5.80. The Morgan fingerprint density at radius 1 is 1.19 bits per heavy atom. The maximum Gasteiger partial charge on any atom is 0.220 e. The molecule has 2 aromatic carbocycles. The minimum atomic E-state index is -0.255. The Morgan fingerprint density at radius 3 is 2.63 bits per heavy atom. The van der Waals surface area contributed by atoms with Gasteiger partial charge < -0.3 is 10.1 Å². The van der Waals surface area contributed by atoms with Crippen LogP contribution in [0.25, 0.3) is 0 Å². The summed E-state index contributed by atoms with van der Waals surface area (Å²) in [6.45, 7) is 1.78. The highest BCUT2D eigenvalue weighted by Gasteiger charge is 2.35. The first kappa shape index (κ1) is 20.4. The molecule has 27 heavy (non-hydrogen) atoms. The lowest BCUT2D eigenvalue weighted by Crippen LogP contribution is -2.44. The molecule has 0 aliphatic carbocycles. The Balaban J connectivity index is 1.54. The molecule has 1 amide bonds. The van der Waals surface area contributed by atoms with Gasteiger partial charge >= 0.3 is 0 Å². The van der Waals surface area contributed by atoms with Crippen molar-refractivity contribution in [3.63, 3.8) is 0 Å². The van der Waals surface area contributed by atoms with Crippen LogP contribution < -0.4 is 5.32 Å². The SMILES string of the molecule is O=C(CCSc1ccc(Br)cc1)NCC1(c2cccc(F)c2)CCOCC1. The van der Waals surface area contributed by atoms with Gasteiger partial charge in [0.15, 0.2) is 0 Å². The molecule has 0 spiro atoms. The molecule has 3 rings (SSSR count). The second-order valence-corrected chi connectivity index (χ2v) is 8.82. The van der Waals surface area contributed by atoms with Crippen molar-refractivity contribution in [1.82, 2.24) is 5.32 Å². The van der Waals surface area contributed by atoms with Gasteiger partial charge in [-0.2, -0.15) is 0 Å². The Kier molecular flexibility index (Phi) is 7.33. The minimum absolute atomic E-state index is 0.0295. The normalized spacial score (nSPS) is 16.1. The first-order chi connectivity index (χ1) is 13.1. The van der Waals surface area contributed by atoms with Crippen LogP contribution in [0.3, 0.4) is 0 Å². The Labute approximate surface area is 172 Å². The van der Waals surface area contributed by atoms with E-state index < -0.39 is 0 Å². The molecule has 0 bridgehead atoms. The zero-order valence-corrected chi connectivity index (χ0v) is 17.5. The minimum Gasteiger partial charge on any atom is -0.381 e. The highest BCUT2D eigenvalue weighted by molar-refractivity contribution is 9.10. The molecule has 0 atom stereocenters. The molecule has 6 heteroatoms. The van der Waals surface area contributed by atoms with Gasteiger partial charge in [-0.15, -0.1) is 11.8 Å². The largest absolute Gasteiger partial charge is 0.381 e. The van der Waals surface area contributed by atoms with Crippen molar-refractivity contribution < 1.29 is 13.9 Å². The van der Waals surface area contributed by atoms with Crippen molar-refractivity contribution in [1.29, 1.82) is 0 Å². The van der Waals surface area contributed by atoms with Gasteiger partial charge in [-0.1, -0.05) is 28.1 Å². The van der Waals surface area contributed by atoms with Gasteiger partial charge in [-0.05, 0) is 54.8 Å². The van der Waals surface area contributed by atoms with Crippen LogP contribution in [0.2, 0.25) is 0 Å². The van der Waals surface area contributed by atoms with Crippen LogP contribution in [0, 0.1) is 5.82 Å². The molecule has 3 nitrogen and oxygen atoms in total. The van der Waals surface area contributed by atoms with Crippen LogP contribution in [0.4, 0.5) is 4.39 Å². The molecule has 1 aliphatic rings. The predicted molar refractivity (Wildman–Crippen MR) is 111 cm³/mol. The number of hydrogen-bond acceptors (Lipinski definition) is 3. The summed E-state index contributed by atoms with van der Waals surface area (Å²) in [4.78, 5) is 13.5. The summed E-state index contributed by atoms with van der Waals surface area (Å²) in [5.74, 6) is 0.515. The van der Waals surface area contributed by atoms with E-state index >= 15 is 0 Å². The van der Waals surface area contributed by atoms with Gasteiger partial charge in [0.05, 0.1) is 0 Å². The quantitative estimate of drug-likeness (QED) is 0.606. The number of benzene rings is 2. The molecule has 2 aromatic rings. The Morgan fingerprint density at radius 2 is 1.93 bits per heavy atom. The van der Waals surface area contributed by atoms with Crippen molar-refractivity contribution >= 4 is 33.6 Å². The van der Waals surface area contributed by atoms with Crippen LogP contribution in [0.5, 0.6) is 0 Å². The molecular weight excluding hydrogens is 429 g/mol. The first-order valence-electron chi connectivity index (χ1n) is 9.06. The van der Waals surface area contributed by atoms with Gasteiger partial charge in [0.25, 0.3) is 0 Å². The monoisotopic (exact) mass is 451 g/mol. The fourth-order valence-electron chi connectivity index (χ4n) is 3.30. The molecule has 0 unspecified atom stereocenters. The molecule has 0 aromatic heterocycles. The van der Waals surface area contributed by atoms with Gasteiger partial charge in [0.2, 0.25) is 5.91 Å². The average Bonchev–Trinajstić information content (AvgIpc) is 2.69. The lowest BCUT2D eigenvalue weighted by Gasteiger charge is -2.38. The Bertz CT molecular complexity index is 763. The molecule has 1 heterocycles. The van der Waals surface area contributed by atoms with Crippen molar-refractivity contribution in [2.24, 2.45) is 0 Å². The second kappa shape index (κ2) is 9.71. The van der Waals surface area contributed by atoms with Crippen molar-refractivity contribution in [2.75, 3.05) is 25.5 Å². The lowest BCUT2D eigenvalue weighted by molar-refractivity contribution is -0.121. The molecule has 1 fully saturated rings. The zero-order valence-electron chi connectivity index (χ0n) is 15.0. The van der Waals surface area contributed by atoms with Gasteiger partial charge in [-0.25, -0.2) is 4.39 Å². The summed E-state index contributed by atoms with van der Waals surface area (Å²) in [5, 5.41) is 3.07. The highest BCUT2D eigenvalue weighted by Crippen LogP contribution is 2.34. The van der Waals surface area contributed by atoms with E-state index in [1.165, 1.54) is 6.07 Å². The van der Waals surface area contributed by atoms with E-state index in [-0.39, 0.29) is 17.1 Å². The smallest absolute Gasteiger partial charge is 0.220 e. The highest BCUT2D eigenvalue weighted by atomic mass is 79.9. The maximum absolute atomic E-state index is 13.7. The Hall–Kier alpha value is -1.37. The van der Waals surface area contributed by atoms with E-state index in [1.807, 2.05) is 30.3 Å². The van der Waals surface area contributed by atoms with E-state index in [2.05, 4.69) is 21.2 Å². The van der Waals surface area contributed by atoms with E-state index in [9.17, 15) is 9.18 Å². The number of carbonyl (C=O) groups is 1. The van der Waals surface area contributed by atoms with E-state index in [1.54, 1.807) is 23.9 Å². The average molecular weight is 452 g/mol. The summed E-state index contributed by atoms with van der Waals surface area (Å²) < 4.78 is 20.3. The molecule has 144 valence electrons. The first-order valence-corrected chi connectivity index (χ1v) is 10.8. The van der Waals surface area contributed by atoms with E-state index in [0.717, 1.165) is 33.5 Å². The number of carbonyl (C=O) groups excluding carboxylic acids is 1. The number of rotatable bonds is 7. The summed E-state index contributed by atoms with van der Waals surface area (Å²) in [6.07, 6.45) is 2.02. The fraction of sp³-hybridized carbons (Fsp3) is 0.381. The van der Waals surface area contributed by atoms with Crippen LogP contribution in [0.1, 0.15) is 24.8 Å². The van der Waals surface area contributed by atoms with Crippen LogP contribution >= 0.6 is 27.7 Å². The molecule has 0 radical (unpaired) electrons. The van der Waals surface area contributed by atoms with Crippen LogP contribution in [-0.4, -0.2) is 31.4 Å². The van der Waals surface area contributed by atoms with E-state index in [0.29, 0.717) is 26.2 Å². The number of ether oxygens (including phenoxy) is 1. The topological polar surface area (TPSA) is 38.3 Å². The second-order valence-electron chi connectivity index (χ2n) is 6.73. The number of halogens is 2. The third-order valence-electron chi connectivity index (χ3n) is 4.92. The van der Waals surface area contributed by atoms with Crippen molar-refractivity contribution in [3.05, 3.63) is 64.4 Å². The summed E-state index contributed by atoms with van der Waals surface area (Å²) in [5.41, 5.74) is 0.685. The molecule has 1 N–H and O–H groups in total. The number of thioether (sulfide) groups is 1. The standard InChI is InChI=1S/C21H23BrFNO2S/c22-17-4-6-19(7-5-17)27-13-8-20(25)24-15-21(9-11-26-12-10-21)16-2-1-3-18(23)14-16/h1-7,14H,8-13,15H2,(H,24,25). The van der Waals surface area contributed by atoms with Crippen molar-refractivity contribution in [2.45, 2.75) is 29.6 Å². The summed E-state index contributed by atoms with van der Waals surface area (Å²) >= 11 is 5.08.